The summed E-state index contributed by atoms with van der Waals surface area (Å²) in [5, 5.41) is 3.36. The average molecular weight is 256 g/mol. The Labute approximate surface area is 116 Å². The van der Waals surface area contributed by atoms with Gasteiger partial charge < -0.3 is 9.88 Å². The van der Waals surface area contributed by atoms with Crippen LogP contribution in [0.3, 0.4) is 0 Å². The highest BCUT2D eigenvalue weighted by atomic mass is 14.9. The monoisotopic (exact) mass is 256 g/mol. The molecule has 19 heavy (non-hydrogen) atoms. The van der Waals surface area contributed by atoms with Crippen LogP contribution in [-0.4, -0.2) is 11.1 Å². The van der Waals surface area contributed by atoms with Crippen molar-refractivity contribution in [3.63, 3.8) is 0 Å². The molecule has 0 spiro atoms. The van der Waals surface area contributed by atoms with Gasteiger partial charge in [0.1, 0.15) is 0 Å². The highest BCUT2D eigenvalue weighted by Crippen LogP contribution is 2.18. The van der Waals surface area contributed by atoms with E-state index in [9.17, 15) is 0 Å². The molecular formula is C17H24N2. The van der Waals surface area contributed by atoms with E-state index in [-0.39, 0.29) is 0 Å². The third-order valence-corrected chi connectivity index (χ3v) is 3.57. The first-order valence-corrected chi connectivity index (χ1v) is 7.02. The predicted molar refractivity (Wildman–Crippen MR) is 81.6 cm³/mol. The molecule has 1 heterocycles. The molecule has 0 radical (unpaired) electrons. The summed E-state index contributed by atoms with van der Waals surface area (Å²) < 4.78 is 2.28. The number of hydrogen-bond acceptors (Lipinski definition) is 1. The van der Waals surface area contributed by atoms with E-state index in [0.29, 0.717) is 0 Å². The Balaban J connectivity index is 2.15. The topological polar surface area (TPSA) is 17.0 Å². The zero-order chi connectivity index (χ0) is 13.8. The number of aromatic nitrogens is 1. The van der Waals surface area contributed by atoms with Crippen molar-refractivity contribution in [2.45, 2.75) is 40.8 Å². The van der Waals surface area contributed by atoms with Gasteiger partial charge in [0.2, 0.25) is 0 Å². The Morgan fingerprint density at radius 3 is 2.42 bits per heavy atom. The van der Waals surface area contributed by atoms with Crippen LogP contribution in [-0.2, 0) is 13.1 Å². The van der Waals surface area contributed by atoms with Crippen molar-refractivity contribution in [1.82, 2.24) is 9.88 Å². The molecular weight excluding hydrogens is 232 g/mol. The van der Waals surface area contributed by atoms with E-state index >= 15 is 0 Å². The van der Waals surface area contributed by atoms with Crippen LogP contribution in [0.15, 0.2) is 30.6 Å². The SMILES string of the molecule is CCNCc1ccn(Cc2c(C)cc(C)cc2C)c1. The molecule has 0 aliphatic heterocycles. The maximum Gasteiger partial charge on any atom is 0.0475 e. The highest BCUT2D eigenvalue weighted by molar-refractivity contribution is 5.37. The fourth-order valence-corrected chi connectivity index (χ4v) is 2.60. The van der Waals surface area contributed by atoms with Gasteiger partial charge in [-0.25, -0.2) is 0 Å². The first-order valence-electron chi connectivity index (χ1n) is 7.02. The molecule has 0 aliphatic carbocycles. The van der Waals surface area contributed by atoms with Crippen LogP contribution in [0.4, 0.5) is 0 Å². The molecule has 0 atom stereocenters. The van der Waals surface area contributed by atoms with Gasteiger partial charge in [-0.3, -0.25) is 0 Å². The smallest absolute Gasteiger partial charge is 0.0475 e. The number of aryl methyl sites for hydroxylation is 3. The lowest BCUT2D eigenvalue weighted by Gasteiger charge is -2.12. The third kappa shape index (κ3) is 3.48. The second-order valence-electron chi connectivity index (χ2n) is 5.35. The number of rotatable bonds is 5. The molecule has 0 fully saturated rings. The summed E-state index contributed by atoms with van der Waals surface area (Å²) in [6.07, 6.45) is 4.41. The van der Waals surface area contributed by atoms with E-state index in [2.05, 4.69) is 68.2 Å². The van der Waals surface area contributed by atoms with Gasteiger partial charge in [-0.1, -0.05) is 24.6 Å². The summed E-state index contributed by atoms with van der Waals surface area (Å²) in [7, 11) is 0. The van der Waals surface area contributed by atoms with E-state index in [0.717, 1.165) is 19.6 Å². The standard InChI is InChI=1S/C17H24N2/c1-5-18-10-16-6-7-19(11-16)12-17-14(3)8-13(2)9-15(17)4/h6-9,11,18H,5,10,12H2,1-4H3. The molecule has 1 N–H and O–H groups in total. The van der Waals surface area contributed by atoms with E-state index < -0.39 is 0 Å². The van der Waals surface area contributed by atoms with Crippen molar-refractivity contribution in [2.24, 2.45) is 0 Å². The molecule has 2 heteroatoms. The number of nitrogens with zero attached hydrogens (tertiary/aromatic N) is 1. The van der Waals surface area contributed by atoms with Gasteiger partial charge in [-0.2, -0.15) is 0 Å². The van der Waals surface area contributed by atoms with Crippen molar-refractivity contribution < 1.29 is 0 Å². The van der Waals surface area contributed by atoms with Crippen LogP contribution >= 0.6 is 0 Å². The Morgan fingerprint density at radius 2 is 1.79 bits per heavy atom. The molecule has 0 unspecified atom stereocenters. The zero-order valence-corrected chi connectivity index (χ0v) is 12.5. The largest absolute Gasteiger partial charge is 0.350 e. The van der Waals surface area contributed by atoms with Gasteiger partial charge in [0.25, 0.3) is 0 Å². The van der Waals surface area contributed by atoms with Crippen LogP contribution in [0.25, 0.3) is 0 Å². The molecule has 2 aromatic rings. The minimum Gasteiger partial charge on any atom is -0.350 e. The van der Waals surface area contributed by atoms with Gasteiger partial charge in [0.15, 0.2) is 0 Å². The molecule has 2 nitrogen and oxygen atoms in total. The average Bonchev–Trinajstić information content (AvgIpc) is 2.79. The summed E-state index contributed by atoms with van der Waals surface area (Å²) in [6.45, 7) is 11.6. The molecule has 2 rings (SSSR count). The van der Waals surface area contributed by atoms with Crippen LogP contribution in [0.2, 0.25) is 0 Å². The summed E-state index contributed by atoms with van der Waals surface area (Å²) in [5.74, 6) is 0. The number of hydrogen-bond donors (Lipinski definition) is 1. The Morgan fingerprint density at radius 1 is 1.11 bits per heavy atom. The second-order valence-corrected chi connectivity index (χ2v) is 5.35. The first-order chi connectivity index (χ1) is 9.10. The molecule has 0 amide bonds. The maximum atomic E-state index is 3.36. The van der Waals surface area contributed by atoms with E-state index in [1.54, 1.807) is 0 Å². The van der Waals surface area contributed by atoms with Crippen molar-refractivity contribution in [3.05, 3.63) is 58.4 Å². The Bertz CT molecular complexity index is 529. The van der Waals surface area contributed by atoms with Crippen LogP contribution < -0.4 is 5.32 Å². The molecule has 0 bridgehead atoms. The molecule has 1 aromatic carbocycles. The fourth-order valence-electron chi connectivity index (χ4n) is 2.60. The highest BCUT2D eigenvalue weighted by Gasteiger charge is 2.05. The normalized spacial score (nSPS) is 10.9. The van der Waals surface area contributed by atoms with Gasteiger partial charge in [-0.15, -0.1) is 0 Å². The van der Waals surface area contributed by atoms with Crippen molar-refractivity contribution >= 4 is 0 Å². The number of nitrogens with one attached hydrogen (secondary N) is 1. The molecule has 102 valence electrons. The van der Waals surface area contributed by atoms with E-state index in [1.807, 2.05) is 0 Å². The zero-order valence-electron chi connectivity index (χ0n) is 12.5. The van der Waals surface area contributed by atoms with Crippen molar-refractivity contribution in [1.29, 1.82) is 0 Å². The molecule has 0 saturated heterocycles. The predicted octanol–water partition coefficient (Wildman–Crippen LogP) is 3.57. The van der Waals surface area contributed by atoms with Crippen LogP contribution in [0.1, 0.15) is 34.7 Å². The van der Waals surface area contributed by atoms with E-state index in [1.165, 1.54) is 27.8 Å². The number of benzene rings is 1. The van der Waals surface area contributed by atoms with Gasteiger partial charge in [0.05, 0.1) is 0 Å². The van der Waals surface area contributed by atoms with Crippen LogP contribution in [0.5, 0.6) is 0 Å². The first kappa shape index (κ1) is 13.9. The lowest BCUT2D eigenvalue weighted by molar-refractivity contribution is 0.720. The minimum atomic E-state index is 0.954. The lowest BCUT2D eigenvalue weighted by Crippen LogP contribution is -2.11. The maximum absolute atomic E-state index is 3.36. The lowest BCUT2D eigenvalue weighted by atomic mass is 10.00. The second kappa shape index (κ2) is 6.07. The summed E-state index contributed by atoms with van der Waals surface area (Å²) in [4.78, 5) is 0. The quantitative estimate of drug-likeness (QED) is 0.865. The Hall–Kier alpha value is -1.54. The molecule has 0 saturated carbocycles. The fraction of sp³-hybridized carbons (Fsp3) is 0.412. The summed E-state index contributed by atoms with van der Waals surface area (Å²) in [6, 6.07) is 6.73. The van der Waals surface area contributed by atoms with Crippen molar-refractivity contribution in [2.75, 3.05) is 6.54 Å². The van der Waals surface area contributed by atoms with E-state index in [4.69, 9.17) is 0 Å². The summed E-state index contributed by atoms with van der Waals surface area (Å²) in [5.41, 5.74) is 6.92. The third-order valence-electron chi connectivity index (χ3n) is 3.57. The van der Waals surface area contributed by atoms with Crippen molar-refractivity contribution in [3.8, 4) is 0 Å². The van der Waals surface area contributed by atoms with Gasteiger partial charge in [-0.05, 0) is 55.6 Å². The molecule has 0 aliphatic rings. The van der Waals surface area contributed by atoms with Gasteiger partial charge >= 0.3 is 0 Å². The van der Waals surface area contributed by atoms with Crippen LogP contribution in [0, 0.1) is 20.8 Å². The Kier molecular flexibility index (Phi) is 4.43. The minimum absolute atomic E-state index is 0.954. The summed E-state index contributed by atoms with van der Waals surface area (Å²) >= 11 is 0. The van der Waals surface area contributed by atoms with Gasteiger partial charge in [0, 0.05) is 25.5 Å². The molecule has 1 aromatic heterocycles.